The monoisotopic (exact) mass is 571 g/mol. The first-order valence-electron chi connectivity index (χ1n) is 15.1. The normalized spacial score (nSPS) is 11.5. The van der Waals surface area contributed by atoms with E-state index in [2.05, 4.69) is 144 Å². The molecule has 7 aromatic carbocycles. The van der Waals surface area contributed by atoms with Gasteiger partial charge in [-0.25, -0.2) is 4.98 Å². The zero-order valence-electron chi connectivity index (χ0n) is 24.3. The molecule has 0 atom stereocenters. The Morgan fingerprint density at radius 1 is 0.489 bits per heavy atom. The van der Waals surface area contributed by atoms with E-state index in [0.717, 1.165) is 60.8 Å². The number of hydrogen-bond donors (Lipinski definition) is 0. The molecule has 0 unspecified atom stereocenters. The summed E-state index contributed by atoms with van der Waals surface area (Å²) in [5, 5.41) is 17.9. The van der Waals surface area contributed by atoms with E-state index in [1.165, 1.54) is 21.5 Å². The van der Waals surface area contributed by atoms with Crippen LogP contribution in [-0.4, -0.2) is 9.55 Å². The van der Waals surface area contributed by atoms with Gasteiger partial charge in [0.15, 0.2) is 0 Å². The molecule has 9 rings (SSSR count). The van der Waals surface area contributed by atoms with Crippen LogP contribution in [0.1, 0.15) is 5.56 Å². The highest BCUT2D eigenvalue weighted by Gasteiger charge is 2.16. The molecule has 0 radical (unpaired) electrons. The maximum atomic E-state index is 9.70. The van der Waals surface area contributed by atoms with Crippen LogP contribution in [0.3, 0.4) is 0 Å². The SMILES string of the molecule is N#Cc1ccc2c(c1)c1cc(-c3cccc(-c4nc5ccccc5c5c4ccc4ccccc45)c3)ccc1n2-c1ccccc1. The molecule has 0 N–H and O–H groups in total. The Labute approximate surface area is 259 Å². The number of nitriles is 1. The van der Waals surface area contributed by atoms with Crippen LogP contribution in [0, 0.1) is 11.3 Å². The van der Waals surface area contributed by atoms with Crippen molar-refractivity contribution in [2.24, 2.45) is 0 Å². The molecule has 0 saturated heterocycles. The molecule has 0 amide bonds. The van der Waals surface area contributed by atoms with E-state index in [4.69, 9.17) is 4.98 Å². The lowest BCUT2D eigenvalue weighted by Gasteiger charge is -2.13. The lowest BCUT2D eigenvalue weighted by molar-refractivity contribution is 1.18. The molecular formula is C42H25N3. The zero-order valence-corrected chi connectivity index (χ0v) is 24.3. The number of benzene rings is 7. The molecule has 208 valence electrons. The fourth-order valence-electron chi connectivity index (χ4n) is 6.92. The molecule has 3 nitrogen and oxygen atoms in total. The van der Waals surface area contributed by atoms with Crippen molar-refractivity contribution in [3.05, 3.63) is 157 Å². The van der Waals surface area contributed by atoms with E-state index in [-0.39, 0.29) is 0 Å². The van der Waals surface area contributed by atoms with Crippen molar-refractivity contribution in [2.75, 3.05) is 0 Å². The smallest absolute Gasteiger partial charge is 0.0991 e. The summed E-state index contributed by atoms with van der Waals surface area (Å²) >= 11 is 0. The second-order valence-electron chi connectivity index (χ2n) is 11.5. The van der Waals surface area contributed by atoms with Crippen molar-refractivity contribution in [1.29, 1.82) is 5.26 Å². The van der Waals surface area contributed by atoms with E-state index in [0.29, 0.717) is 5.56 Å². The van der Waals surface area contributed by atoms with E-state index in [1.807, 2.05) is 18.2 Å². The predicted octanol–water partition coefficient (Wildman–Crippen LogP) is 10.8. The van der Waals surface area contributed by atoms with Crippen LogP contribution < -0.4 is 0 Å². The molecular weight excluding hydrogens is 546 g/mol. The number of rotatable bonds is 3. The average Bonchev–Trinajstić information content (AvgIpc) is 3.44. The highest BCUT2D eigenvalue weighted by molar-refractivity contribution is 6.22. The van der Waals surface area contributed by atoms with Gasteiger partial charge < -0.3 is 4.57 Å². The molecule has 0 aliphatic rings. The van der Waals surface area contributed by atoms with Crippen LogP contribution in [0.4, 0.5) is 0 Å². The maximum absolute atomic E-state index is 9.70. The van der Waals surface area contributed by atoms with Crippen LogP contribution in [0.25, 0.3) is 82.3 Å². The summed E-state index contributed by atoms with van der Waals surface area (Å²) in [6, 6.07) is 55.5. The highest BCUT2D eigenvalue weighted by Crippen LogP contribution is 2.39. The molecule has 2 heterocycles. The molecule has 0 fully saturated rings. The third kappa shape index (κ3) is 3.94. The molecule has 0 bridgehead atoms. The molecule has 9 aromatic rings. The Morgan fingerprint density at radius 3 is 2.07 bits per heavy atom. The fourth-order valence-corrected chi connectivity index (χ4v) is 6.92. The first-order chi connectivity index (χ1) is 22.3. The largest absolute Gasteiger partial charge is 0.309 e. The molecule has 0 aliphatic carbocycles. The van der Waals surface area contributed by atoms with Gasteiger partial charge in [-0.2, -0.15) is 5.26 Å². The van der Waals surface area contributed by atoms with Gasteiger partial charge in [-0.3, -0.25) is 0 Å². The molecule has 0 spiro atoms. The fraction of sp³-hybridized carbons (Fsp3) is 0. The third-order valence-electron chi connectivity index (χ3n) is 8.97. The van der Waals surface area contributed by atoms with Crippen molar-refractivity contribution < 1.29 is 0 Å². The second-order valence-corrected chi connectivity index (χ2v) is 11.5. The summed E-state index contributed by atoms with van der Waals surface area (Å²) in [6.07, 6.45) is 0. The lowest BCUT2D eigenvalue weighted by Crippen LogP contribution is -1.93. The lowest BCUT2D eigenvalue weighted by atomic mass is 9.94. The molecule has 0 saturated carbocycles. The summed E-state index contributed by atoms with van der Waals surface area (Å²) in [5.74, 6) is 0. The van der Waals surface area contributed by atoms with Crippen molar-refractivity contribution >= 4 is 54.3 Å². The molecule has 45 heavy (non-hydrogen) atoms. The quantitative estimate of drug-likeness (QED) is 0.198. The molecule has 0 aliphatic heterocycles. The van der Waals surface area contributed by atoms with E-state index < -0.39 is 0 Å². The van der Waals surface area contributed by atoms with Crippen LogP contribution in [-0.2, 0) is 0 Å². The molecule has 3 heteroatoms. The van der Waals surface area contributed by atoms with Gasteiger partial charge in [0.1, 0.15) is 0 Å². The number of aromatic nitrogens is 2. The minimum atomic E-state index is 0.656. The average molecular weight is 572 g/mol. The highest BCUT2D eigenvalue weighted by atomic mass is 15.0. The number of pyridine rings is 1. The summed E-state index contributed by atoms with van der Waals surface area (Å²) in [4.78, 5) is 5.23. The van der Waals surface area contributed by atoms with Gasteiger partial charge in [-0.15, -0.1) is 0 Å². The number of para-hydroxylation sites is 2. The van der Waals surface area contributed by atoms with Crippen molar-refractivity contribution in [3.8, 4) is 34.1 Å². The number of nitrogens with zero attached hydrogens (tertiary/aromatic N) is 3. The van der Waals surface area contributed by atoms with Crippen LogP contribution in [0.15, 0.2) is 152 Å². The van der Waals surface area contributed by atoms with Crippen molar-refractivity contribution in [1.82, 2.24) is 9.55 Å². The van der Waals surface area contributed by atoms with Crippen molar-refractivity contribution in [2.45, 2.75) is 0 Å². The predicted molar refractivity (Wildman–Crippen MR) is 187 cm³/mol. The van der Waals surface area contributed by atoms with Crippen LogP contribution >= 0.6 is 0 Å². The Balaban J connectivity index is 1.27. The second kappa shape index (κ2) is 9.91. The van der Waals surface area contributed by atoms with Gasteiger partial charge in [0.05, 0.1) is 33.9 Å². The maximum Gasteiger partial charge on any atom is 0.0991 e. The van der Waals surface area contributed by atoms with Crippen LogP contribution in [0.5, 0.6) is 0 Å². The Bertz CT molecular complexity index is 2640. The number of hydrogen-bond acceptors (Lipinski definition) is 2. The first kappa shape index (κ1) is 25.3. The van der Waals surface area contributed by atoms with Gasteiger partial charge in [-0.05, 0) is 76.5 Å². The van der Waals surface area contributed by atoms with Gasteiger partial charge in [0.25, 0.3) is 0 Å². The number of fused-ring (bicyclic) bond motifs is 8. The van der Waals surface area contributed by atoms with Gasteiger partial charge in [0, 0.05) is 38.2 Å². The Hall–Kier alpha value is -6.24. The van der Waals surface area contributed by atoms with Crippen LogP contribution in [0.2, 0.25) is 0 Å². The minimum absolute atomic E-state index is 0.656. The summed E-state index contributed by atoms with van der Waals surface area (Å²) in [7, 11) is 0. The molecule has 2 aromatic heterocycles. The summed E-state index contributed by atoms with van der Waals surface area (Å²) in [5.41, 5.74) is 9.24. The Kier molecular flexibility index (Phi) is 5.57. The van der Waals surface area contributed by atoms with E-state index in [9.17, 15) is 5.26 Å². The third-order valence-corrected chi connectivity index (χ3v) is 8.97. The summed E-state index contributed by atoms with van der Waals surface area (Å²) in [6.45, 7) is 0. The van der Waals surface area contributed by atoms with Gasteiger partial charge in [-0.1, -0.05) is 97.1 Å². The zero-order chi connectivity index (χ0) is 29.9. The van der Waals surface area contributed by atoms with E-state index >= 15 is 0 Å². The Morgan fingerprint density at radius 2 is 1.20 bits per heavy atom. The first-order valence-corrected chi connectivity index (χ1v) is 15.1. The topological polar surface area (TPSA) is 41.6 Å². The van der Waals surface area contributed by atoms with E-state index in [1.54, 1.807) is 0 Å². The summed E-state index contributed by atoms with van der Waals surface area (Å²) < 4.78 is 2.28. The van der Waals surface area contributed by atoms with Gasteiger partial charge >= 0.3 is 0 Å². The standard InChI is InChI=1S/C42H25N3/c43-26-27-17-21-39-36(23-27)37-25-30(19-22-40(37)45(39)32-12-2-1-3-13-32)29-10-8-11-31(24-29)42-35-20-18-28-9-4-5-14-33(28)41(35)34-15-6-7-16-38(34)44-42/h1-25H. The van der Waals surface area contributed by atoms with Crippen molar-refractivity contribution in [3.63, 3.8) is 0 Å². The minimum Gasteiger partial charge on any atom is -0.309 e. The van der Waals surface area contributed by atoms with Gasteiger partial charge in [0.2, 0.25) is 0 Å².